The van der Waals surface area contributed by atoms with E-state index >= 15 is 0 Å². The van der Waals surface area contributed by atoms with Crippen molar-refractivity contribution < 1.29 is 14.1 Å². The number of carbonyl (C=O) groups is 2. The molecule has 4 aromatic rings. The van der Waals surface area contributed by atoms with Crippen molar-refractivity contribution in [3.05, 3.63) is 81.7 Å². The third kappa shape index (κ3) is 6.85. The minimum atomic E-state index is -0.633. The van der Waals surface area contributed by atoms with Gasteiger partial charge in [0.25, 0.3) is 5.91 Å². The molecule has 4 rings (SSSR count). The molecule has 1 aromatic carbocycles. The fourth-order valence-corrected chi connectivity index (χ4v) is 4.75. The molecule has 0 spiro atoms. The lowest BCUT2D eigenvalue weighted by molar-refractivity contribution is -0.122. The molecule has 3 heterocycles. The Bertz CT molecular complexity index is 1160. The van der Waals surface area contributed by atoms with Gasteiger partial charge < -0.3 is 15.2 Å². The first-order valence-corrected chi connectivity index (χ1v) is 13.0. The Labute approximate surface area is 206 Å². The quantitative estimate of drug-likeness (QED) is 0.278. The number of nitrogens with zero attached hydrogens (tertiary/aromatic N) is 2. The van der Waals surface area contributed by atoms with Crippen LogP contribution in [-0.4, -0.2) is 34.5 Å². The van der Waals surface area contributed by atoms with E-state index in [9.17, 15) is 9.59 Å². The van der Waals surface area contributed by atoms with Crippen LogP contribution in [0, 0.1) is 0 Å². The molecule has 0 aliphatic carbocycles. The molecule has 0 unspecified atom stereocenters. The van der Waals surface area contributed by atoms with Crippen molar-refractivity contribution >= 4 is 34.5 Å². The fraction of sp³-hybridized carbons (Fsp3) is 0.280. The lowest BCUT2D eigenvalue weighted by atomic mass is 10.0. The molecule has 3 aromatic heterocycles. The van der Waals surface area contributed by atoms with Crippen molar-refractivity contribution in [2.45, 2.75) is 38.1 Å². The van der Waals surface area contributed by atoms with Crippen LogP contribution < -0.4 is 10.6 Å². The molecule has 0 radical (unpaired) electrons. The molecule has 176 valence electrons. The Morgan fingerprint density at radius 3 is 2.53 bits per heavy atom. The van der Waals surface area contributed by atoms with Crippen LogP contribution in [0.25, 0.3) is 10.7 Å². The number of nitrogens with one attached hydrogen (secondary N) is 2. The van der Waals surface area contributed by atoms with E-state index in [1.54, 1.807) is 17.4 Å². The number of unbranched alkanes of at least 4 members (excludes halogenated alkanes) is 2. The highest BCUT2D eigenvalue weighted by atomic mass is 32.1. The molecular formula is C25H26N4O3S2. The van der Waals surface area contributed by atoms with E-state index in [0.717, 1.165) is 29.7 Å². The number of thiophene rings is 2. The van der Waals surface area contributed by atoms with E-state index < -0.39 is 6.04 Å². The zero-order chi connectivity index (χ0) is 23.6. The van der Waals surface area contributed by atoms with Crippen LogP contribution in [0.3, 0.4) is 0 Å². The zero-order valence-electron chi connectivity index (χ0n) is 18.6. The maximum atomic E-state index is 12.9. The van der Waals surface area contributed by atoms with Crippen molar-refractivity contribution in [1.82, 2.24) is 20.8 Å². The average molecular weight is 495 g/mol. The second kappa shape index (κ2) is 12.2. The van der Waals surface area contributed by atoms with Crippen LogP contribution in [-0.2, 0) is 17.6 Å². The molecule has 9 heteroatoms. The Morgan fingerprint density at radius 1 is 0.941 bits per heavy atom. The maximum Gasteiger partial charge on any atom is 0.262 e. The molecule has 0 fully saturated rings. The van der Waals surface area contributed by atoms with Crippen LogP contribution in [0.1, 0.15) is 40.4 Å². The van der Waals surface area contributed by atoms with Gasteiger partial charge in [0.2, 0.25) is 17.6 Å². The predicted molar refractivity (Wildman–Crippen MR) is 134 cm³/mol. The number of benzene rings is 1. The van der Waals surface area contributed by atoms with Crippen LogP contribution in [0.2, 0.25) is 0 Å². The fourth-order valence-electron chi connectivity index (χ4n) is 3.47. The molecule has 0 bridgehead atoms. The van der Waals surface area contributed by atoms with E-state index in [2.05, 4.69) is 20.8 Å². The highest BCUT2D eigenvalue weighted by molar-refractivity contribution is 7.13. The average Bonchev–Trinajstić information content (AvgIpc) is 3.63. The van der Waals surface area contributed by atoms with Gasteiger partial charge in [0.15, 0.2) is 0 Å². The van der Waals surface area contributed by atoms with Crippen molar-refractivity contribution in [3.63, 3.8) is 0 Å². The highest BCUT2D eigenvalue weighted by Gasteiger charge is 2.22. The summed E-state index contributed by atoms with van der Waals surface area (Å²) >= 11 is 2.94. The number of amides is 2. The number of carbonyl (C=O) groups excluding carboxylic acids is 2. The molecule has 0 saturated heterocycles. The molecule has 0 aliphatic heterocycles. The topological polar surface area (TPSA) is 97.1 Å². The van der Waals surface area contributed by atoms with Crippen LogP contribution >= 0.6 is 22.7 Å². The van der Waals surface area contributed by atoms with E-state index in [0.29, 0.717) is 36.0 Å². The summed E-state index contributed by atoms with van der Waals surface area (Å²) in [5.41, 5.74) is 0.996. The molecule has 2 amide bonds. The third-order valence-electron chi connectivity index (χ3n) is 5.23. The van der Waals surface area contributed by atoms with Gasteiger partial charge in [-0.25, -0.2) is 0 Å². The molecule has 0 saturated carbocycles. The monoisotopic (exact) mass is 494 g/mol. The summed E-state index contributed by atoms with van der Waals surface area (Å²) < 4.78 is 5.33. The summed E-state index contributed by atoms with van der Waals surface area (Å²) in [6.07, 6.45) is 3.79. The molecule has 7 nitrogen and oxygen atoms in total. The second-order valence-electron chi connectivity index (χ2n) is 7.78. The minimum Gasteiger partial charge on any atom is -0.354 e. The second-order valence-corrected chi connectivity index (χ2v) is 9.68. The van der Waals surface area contributed by atoms with Gasteiger partial charge >= 0.3 is 0 Å². The van der Waals surface area contributed by atoms with Crippen molar-refractivity contribution in [2.24, 2.45) is 0 Å². The maximum absolute atomic E-state index is 12.9. The summed E-state index contributed by atoms with van der Waals surface area (Å²) in [7, 11) is 0. The Kier molecular flexibility index (Phi) is 8.59. The van der Waals surface area contributed by atoms with Crippen LogP contribution in [0.4, 0.5) is 0 Å². The predicted octanol–water partition coefficient (Wildman–Crippen LogP) is 4.73. The number of hydrogen-bond donors (Lipinski definition) is 2. The molecule has 0 aliphatic rings. The number of hydrogen-bond acceptors (Lipinski definition) is 7. The standard InChI is InChI=1S/C25H26N4O3S2/c30-24(19(17-18-9-3-1-4-10-18)27-25(31)21-12-8-16-34-21)26-14-6-2-5-13-22-28-23(29-32-22)20-11-7-15-33-20/h1,3-4,7-12,15-16,19H,2,5-6,13-14,17H2,(H,26,30)(H,27,31)/t19-/m0/s1. The first kappa shape index (κ1) is 23.8. The molecular weight excluding hydrogens is 468 g/mol. The van der Waals surface area contributed by atoms with E-state index in [4.69, 9.17) is 4.52 Å². The lowest BCUT2D eigenvalue weighted by Gasteiger charge is -2.18. The van der Waals surface area contributed by atoms with Crippen molar-refractivity contribution in [2.75, 3.05) is 6.54 Å². The van der Waals surface area contributed by atoms with Gasteiger partial charge in [0.05, 0.1) is 9.75 Å². The molecule has 2 N–H and O–H groups in total. The number of rotatable bonds is 12. The van der Waals surface area contributed by atoms with Gasteiger partial charge in [0.1, 0.15) is 6.04 Å². The SMILES string of the molecule is O=C(N[C@@H](Cc1ccccc1)C(=O)NCCCCCc1nc(-c2cccs2)no1)c1cccs1. The summed E-state index contributed by atoms with van der Waals surface area (Å²) in [5.74, 6) is 0.858. The highest BCUT2D eigenvalue weighted by Crippen LogP contribution is 2.21. The Balaban J connectivity index is 1.21. The van der Waals surface area contributed by atoms with Gasteiger partial charge in [-0.15, -0.1) is 22.7 Å². The van der Waals surface area contributed by atoms with Crippen LogP contribution in [0.15, 0.2) is 69.9 Å². The Hall–Kier alpha value is -3.30. The lowest BCUT2D eigenvalue weighted by Crippen LogP contribution is -2.48. The minimum absolute atomic E-state index is 0.175. The van der Waals surface area contributed by atoms with E-state index in [1.165, 1.54) is 11.3 Å². The van der Waals surface area contributed by atoms with Gasteiger partial charge in [-0.05, 0) is 41.3 Å². The van der Waals surface area contributed by atoms with E-state index in [1.807, 2.05) is 59.3 Å². The van der Waals surface area contributed by atoms with Crippen molar-refractivity contribution in [3.8, 4) is 10.7 Å². The summed E-state index contributed by atoms with van der Waals surface area (Å²) in [4.78, 5) is 31.4. The van der Waals surface area contributed by atoms with Crippen molar-refractivity contribution in [1.29, 1.82) is 0 Å². The van der Waals surface area contributed by atoms with Gasteiger partial charge in [-0.3, -0.25) is 9.59 Å². The number of aromatic nitrogens is 2. The normalized spacial score (nSPS) is 11.8. The Morgan fingerprint density at radius 2 is 1.76 bits per heavy atom. The third-order valence-corrected chi connectivity index (χ3v) is 6.96. The summed E-state index contributed by atoms with van der Waals surface area (Å²) in [6, 6.07) is 16.6. The molecule has 1 atom stereocenters. The molecule has 34 heavy (non-hydrogen) atoms. The van der Waals surface area contributed by atoms with Gasteiger partial charge in [-0.1, -0.05) is 54.0 Å². The van der Waals surface area contributed by atoms with E-state index in [-0.39, 0.29) is 11.8 Å². The largest absolute Gasteiger partial charge is 0.354 e. The summed E-state index contributed by atoms with van der Waals surface area (Å²) in [5, 5.41) is 13.7. The number of aryl methyl sites for hydroxylation is 1. The first-order chi connectivity index (χ1) is 16.7. The first-order valence-electron chi connectivity index (χ1n) is 11.2. The van der Waals surface area contributed by atoms with Gasteiger partial charge in [-0.2, -0.15) is 4.98 Å². The smallest absolute Gasteiger partial charge is 0.262 e. The van der Waals surface area contributed by atoms with Gasteiger partial charge in [0, 0.05) is 19.4 Å². The zero-order valence-corrected chi connectivity index (χ0v) is 20.2. The van der Waals surface area contributed by atoms with Crippen LogP contribution in [0.5, 0.6) is 0 Å². The summed E-state index contributed by atoms with van der Waals surface area (Å²) in [6.45, 7) is 0.545.